The van der Waals surface area contributed by atoms with E-state index >= 15 is 0 Å². The van der Waals surface area contributed by atoms with Gasteiger partial charge in [0.1, 0.15) is 0 Å². The highest BCUT2D eigenvalue weighted by atomic mass is 32.2. The van der Waals surface area contributed by atoms with Crippen molar-refractivity contribution in [2.75, 3.05) is 12.3 Å². The summed E-state index contributed by atoms with van der Waals surface area (Å²) in [6, 6.07) is 8.13. The molecule has 1 aromatic rings. The normalized spacial score (nSPS) is 11.6. The van der Waals surface area contributed by atoms with Gasteiger partial charge in [0.2, 0.25) is 0 Å². The van der Waals surface area contributed by atoms with Gasteiger partial charge in [0, 0.05) is 4.90 Å². The molecule has 0 spiro atoms. The fourth-order valence-corrected chi connectivity index (χ4v) is 2.53. The lowest BCUT2D eigenvalue weighted by Crippen LogP contribution is -2.06. The Bertz CT molecular complexity index is 317. The van der Waals surface area contributed by atoms with Crippen LogP contribution >= 0.6 is 11.8 Å². The first kappa shape index (κ1) is 18.5. The molecule has 0 bridgehead atoms. The first-order valence-electron chi connectivity index (χ1n) is 7.30. The van der Waals surface area contributed by atoms with Gasteiger partial charge < -0.3 is 10.8 Å². The van der Waals surface area contributed by atoms with E-state index in [1.54, 1.807) is 0 Å². The number of hydrogen-bond donors (Lipinski definition) is 2. The molecule has 0 radical (unpaired) electrons. The fourth-order valence-electron chi connectivity index (χ4n) is 1.47. The van der Waals surface area contributed by atoms with Crippen molar-refractivity contribution in [3.63, 3.8) is 0 Å². The van der Waals surface area contributed by atoms with Crippen LogP contribution in [-0.2, 0) is 0 Å². The molecule has 0 saturated heterocycles. The third-order valence-corrected chi connectivity index (χ3v) is 3.53. The minimum atomic E-state index is -0.420. The van der Waals surface area contributed by atoms with Crippen molar-refractivity contribution in [2.45, 2.75) is 57.5 Å². The molecule has 0 aliphatic rings. The number of nitrogens with two attached hydrogens (primary N) is 1. The fraction of sp³-hybridized carbons (Fsp3) is 0.625. The lowest BCUT2D eigenvalue weighted by molar-refractivity contribution is 0.170. The average Bonchev–Trinajstić information content (AvgIpc) is 2.41. The lowest BCUT2D eigenvalue weighted by Gasteiger charge is -2.10. The third-order valence-electron chi connectivity index (χ3n) is 2.45. The Morgan fingerprint density at radius 1 is 1.26 bits per heavy atom. The van der Waals surface area contributed by atoms with Crippen molar-refractivity contribution in [3.8, 4) is 0 Å². The minimum absolute atomic E-state index is 0.420. The molecule has 0 fully saturated rings. The summed E-state index contributed by atoms with van der Waals surface area (Å²) in [5.74, 6) is 1.15. The molecule has 0 aliphatic heterocycles. The summed E-state index contributed by atoms with van der Waals surface area (Å²) in [5.41, 5.74) is 6.42. The maximum atomic E-state index is 9.83. The predicted molar refractivity (Wildman–Crippen MR) is 86.7 cm³/mol. The zero-order valence-electron chi connectivity index (χ0n) is 12.6. The van der Waals surface area contributed by atoms with Crippen LogP contribution in [0.4, 0.5) is 0 Å². The molecule has 1 atom stereocenters. The third kappa shape index (κ3) is 9.09. The van der Waals surface area contributed by atoms with Gasteiger partial charge in [0.15, 0.2) is 0 Å². The topological polar surface area (TPSA) is 46.2 Å². The number of hydrogen-bond acceptors (Lipinski definition) is 3. The Kier molecular flexibility index (Phi) is 12.2. The van der Waals surface area contributed by atoms with E-state index in [1.165, 1.54) is 24.2 Å². The highest BCUT2D eigenvalue weighted by Crippen LogP contribution is 2.24. The highest BCUT2D eigenvalue weighted by molar-refractivity contribution is 7.99. The predicted octanol–water partition coefficient (Wildman–Crippen LogP) is 4.38. The largest absolute Gasteiger partial charge is 0.388 e. The standard InChI is InChI=1S/C13H21NOS.C3H8/c1-2-3-9-16-12-6-4-5-11(10-12)13(15)7-8-14;1-3-2/h4-6,10,13,15H,2-3,7-9,14H2,1H3;3H2,1-2H3. The van der Waals surface area contributed by atoms with Gasteiger partial charge in [-0.1, -0.05) is 45.7 Å². The number of aliphatic hydroxyl groups is 1. The van der Waals surface area contributed by atoms with Crippen molar-refractivity contribution in [3.05, 3.63) is 29.8 Å². The van der Waals surface area contributed by atoms with Crippen LogP contribution in [0.25, 0.3) is 0 Å². The van der Waals surface area contributed by atoms with Crippen LogP contribution in [0.5, 0.6) is 0 Å². The zero-order valence-corrected chi connectivity index (χ0v) is 13.4. The van der Waals surface area contributed by atoms with E-state index in [0.717, 1.165) is 11.3 Å². The molecule has 0 amide bonds. The molecule has 1 rings (SSSR count). The summed E-state index contributed by atoms with van der Waals surface area (Å²) in [6.45, 7) is 6.97. The van der Waals surface area contributed by atoms with Gasteiger partial charge in [-0.3, -0.25) is 0 Å². The Balaban J connectivity index is 0.000000982. The van der Waals surface area contributed by atoms with Crippen LogP contribution in [0, 0.1) is 0 Å². The Labute approximate surface area is 122 Å². The van der Waals surface area contributed by atoms with Crippen LogP contribution in [-0.4, -0.2) is 17.4 Å². The SMILES string of the molecule is CCC.CCCCSc1cccc(C(O)CCN)c1. The maximum Gasteiger partial charge on any atom is 0.0802 e. The molecule has 2 nitrogen and oxygen atoms in total. The molecule has 0 heterocycles. The second-order valence-corrected chi connectivity index (χ2v) is 5.74. The minimum Gasteiger partial charge on any atom is -0.388 e. The second-order valence-electron chi connectivity index (χ2n) is 4.57. The zero-order chi connectivity index (χ0) is 14.5. The molecular weight excluding hydrogens is 254 g/mol. The summed E-state index contributed by atoms with van der Waals surface area (Å²) in [6.07, 6.45) is 3.92. The molecular formula is C16H29NOS. The van der Waals surface area contributed by atoms with Gasteiger partial charge in [-0.2, -0.15) is 0 Å². The number of rotatable bonds is 7. The second kappa shape index (κ2) is 12.5. The van der Waals surface area contributed by atoms with Gasteiger partial charge in [0.05, 0.1) is 6.10 Å². The molecule has 3 N–H and O–H groups in total. The van der Waals surface area contributed by atoms with Crippen LogP contribution in [0.3, 0.4) is 0 Å². The molecule has 0 saturated carbocycles. The summed E-state index contributed by atoms with van der Waals surface area (Å²) in [5, 5.41) is 9.83. The molecule has 1 aromatic carbocycles. The van der Waals surface area contributed by atoms with Crippen molar-refractivity contribution < 1.29 is 5.11 Å². The number of aliphatic hydroxyl groups excluding tert-OH is 1. The van der Waals surface area contributed by atoms with E-state index in [9.17, 15) is 5.11 Å². The molecule has 3 heteroatoms. The van der Waals surface area contributed by atoms with Gasteiger partial charge in [-0.05, 0) is 42.8 Å². The van der Waals surface area contributed by atoms with Crippen molar-refractivity contribution in [2.24, 2.45) is 5.73 Å². The maximum absolute atomic E-state index is 9.83. The van der Waals surface area contributed by atoms with Crippen LogP contribution in [0.2, 0.25) is 0 Å². The first-order chi connectivity index (χ1) is 9.19. The molecule has 0 aromatic heterocycles. The van der Waals surface area contributed by atoms with Gasteiger partial charge in [-0.15, -0.1) is 11.8 Å². The van der Waals surface area contributed by atoms with E-state index in [1.807, 2.05) is 23.9 Å². The van der Waals surface area contributed by atoms with E-state index in [0.29, 0.717) is 13.0 Å². The number of thioether (sulfide) groups is 1. The Morgan fingerprint density at radius 3 is 2.53 bits per heavy atom. The van der Waals surface area contributed by atoms with Gasteiger partial charge in [0.25, 0.3) is 0 Å². The average molecular weight is 283 g/mol. The molecule has 1 unspecified atom stereocenters. The van der Waals surface area contributed by atoms with E-state index in [4.69, 9.17) is 5.73 Å². The summed E-state index contributed by atoms with van der Waals surface area (Å²) in [4.78, 5) is 1.24. The Hall–Kier alpha value is -0.510. The monoisotopic (exact) mass is 283 g/mol. The van der Waals surface area contributed by atoms with E-state index in [-0.39, 0.29) is 0 Å². The van der Waals surface area contributed by atoms with Gasteiger partial charge >= 0.3 is 0 Å². The Morgan fingerprint density at radius 2 is 1.95 bits per heavy atom. The molecule has 0 aliphatic carbocycles. The smallest absolute Gasteiger partial charge is 0.0802 e. The lowest BCUT2D eigenvalue weighted by atomic mass is 10.1. The summed E-state index contributed by atoms with van der Waals surface area (Å²) in [7, 11) is 0. The highest BCUT2D eigenvalue weighted by Gasteiger charge is 2.06. The van der Waals surface area contributed by atoms with Crippen molar-refractivity contribution >= 4 is 11.8 Å². The summed E-state index contributed by atoms with van der Waals surface area (Å²) >= 11 is 1.85. The van der Waals surface area contributed by atoms with Crippen LogP contribution < -0.4 is 5.73 Å². The van der Waals surface area contributed by atoms with Crippen LogP contribution in [0.15, 0.2) is 29.2 Å². The summed E-state index contributed by atoms with van der Waals surface area (Å²) < 4.78 is 0. The van der Waals surface area contributed by atoms with Crippen molar-refractivity contribution in [1.82, 2.24) is 0 Å². The molecule has 110 valence electrons. The van der Waals surface area contributed by atoms with Crippen LogP contribution in [0.1, 0.15) is 58.1 Å². The van der Waals surface area contributed by atoms with Crippen molar-refractivity contribution in [1.29, 1.82) is 0 Å². The first-order valence-corrected chi connectivity index (χ1v) is 8.28. The quantitative estimate of drug-likeness (QED) is 0.576. The molecule has 19 heavy (non-hydrogen) atoms. The van der Waals surface area contributed by atoms with E-state index in [2.05, 4.69) is 32.9 Å². The number of unbranched alkanes of at least 4 members (excludes halogenated alkanes) is 1. The van der Waals surface area contributed by atoms with E-state index < -0.39 is 6.10 Å². The van der Waals surface area contributed by atoms with Gasteiger partial charge in [-0.25, -0.2) is 0 Å². The number of benzene rings is 1.